The van der Waals surface area contributed by atoms with Crippen molar-refractivity contribution in [3.63, 3.8) is 0 Å². The van der Waals surface area contributed by atoms with Crippen LogP contribution in [0.15, 0.2) is 59.5 Å². The van der Waals surface area contributed by atoms with Crippen molar-refractivity contribution in [1.29, 1.82) is 0 Å². The number of quaternary nitrogens is 1. The lowest BCUT2D eigenvalue weighted by Gasteiger charge is -2.28. The van der Waals surface area contributed by atoms with E-state index in [-0.39, 0.29) is 16.3 Å². The van der Waals surface area contributed by atoms with Crippen molar-refractivity contribution in [3.05, 3.63) is 71.1 Å². The van der Waals surface area contributed by atoms with Gasteiger partial charge in [-0.2, -0.15) is 23.6 Å². The van der Waals surface area contributed by atoms with Gasteiger partial charge in [0.15, 0.2) is 5.69 Å². The molecular formula is C26H31F3N6O7S. The number of likely N-dealkylation sites (N-methyl/N-ethyl adjacent to an activating group) is 1. The third-order valence-electron chi connectivity index (χ3n) is 5.74. The number of carbonyl (C=O) groups is 2. The van der Waals surface area contributed by atoms with Crippen LogP contribution in [0.2, 0.25) is 0 Å². The van der Waals surface area contributed by atoms with Crippen LogP contribution in [0, 0.1) is 17.5 Å². The van der Waals surface area contributed by atoms with Crippen molar-refractivity contribution in [1.82, 2.24) is 25.1 Å². The standard InChI is InChI=1S/C26H31F3N6O7S/c1-17-6-8-18(9-7-17)21-14-22(26(27,28)29)30-34(21)19-10-12-20(13-11-19)43(39,40)31-23(36)15-33(5)35(38)32-42-16-41-24(37)25(2,3)4/h6-14,32,35H,15-16H2,1-5H3,(H,31,36). The van der Waals surface area contributed by atoms with Gasteiger partial charge in [-0.25, -0.2) is 22.7 Å². The number of aromatic nitrogens is 2. The van der Waals surface area contributed by atoms with Crippen molar-refractivity contribution in [3.8, 4) is 16.9 Å². The summed E-state index contributed by atoms with van der Waals surface area (Å²) in [5.74, 6) is -1.64. The van der Waals surface area contributed by atoms with Gasteiger partial charge in [-0.3, -0.25) is 9.59 Å². The molecule has 1 heterocycles. The van der Waals surface area contributed by atoms with E-state index >= 15 is 0 Å². The molecule has 0 radical (unpaired) electrons. The number of halogens is 3. The van der Waals surface area contributed by atoms with Crippen LogP contribution in [-0.2, 0) is 35.4 Å². The van der Waals surface area contributed by atoms with E-state index in [9.17, 15) is 36.4 Å². The number of amides is 1. The van der Waals surface area contributed by atoms with Gasteiger partial charge in [0.2, 0.25) is 6.79 Å². The van der Waals surface area contributed by atoms with Crippen LogP contribution in [0.5, 0.6) is 0 Å². The molecule has 3 aromatic rings. The van der Waals surface area contributed by atoms with Gasteiger partial charge in [0, 0.05) is 12.6 Å². The van der Waals surface area contributed by atoms with E-state index in [2.05, 4.69) is 5.10 Å². The Morgan fingerprint density at radius 2 is 1.67 bits per heavy atom. The van der Waals surface area contributed by atoms with E-state index in [0.717, 1.165) is 33.5 Å². The summed E-state index contributed by atoms with van der Waals surface area (Å²) in [6.45, 7) is 5.42. The maximum absolute atomic E-state index is 13.5. The first-order chi connectivity index (χ1) is 19.9. The van der Waals surface area contributed by atoms with Crippen LogP contribution in [0.4, 0.5) is 13.2 Å². The number of carbonyl (C=O) groups excluding carboxylic acids is 2. The van der Waals surface area contributed by atoms with Crippen LogP contribution in [-0.4, -0.2) is 55.5 Å². The molecule has 1 aromatic heterocycles. The van der Waals surface area contributed by atoms with E-state index < -0.39 is 57.8 Å². The fourth-order valence-electron chi connectivity index (χ4n) is 3.41. The molecule has 234 valence electrons. The number of esters is 1. The Labute approximate surface area is 245 Å². The fraction of sp³-hybridized carbons (Fsp3) is 0.346. The minimum absolute atomic E-state index is 0.133. The number of ether oxygens (including phenoxy) is 1. The third-order valence-corrected chi connectivity index (χ3v) is 7.12. The second-order valence-electron chi connectivity index (χ2n) is 10.4. The number of hydrogen-bond donors (Lipinski definition) is 3. The molecule has 1 atom stereocenters. The second-order valence-corrected chi connectivity index (χ2v) is 12.1. The van der Waals surface area contributed by atoms with Crippen molar-refractivity contribution in [2.24, 2.45) is 5.41 Å². The fourth-order valence-corrected chi connectivity index (χ4v) is 4.39. The molecule has 3 rings (SSSR count). The Morgan fingerprint density at radius 1 is 1.07 bits per heavy atom. The van der Waals surface area contributed by atoms with Gasteiger partial charge in [0.25, 0.3) is 15.9 Å². The van der Waals surface area contributed by atoms with E-state index in [1.54, 1.807) is 45.0 Å². The van der Waals surface area contributed by atoms with Crippen LogP contribution < -0.4 is 15.6 Å². The van der Waals surface area contributed by atoms with Crippen molar-refractivity contribution >= 4 is 21.9 Å². The molecule has 43 heavy (non-hydrogen) atoms. The summed E-state index contributed by atoms with van der Waals surface area (Å²) >= 11 is 0. The first-order valence-electron chi connectivity index (χ1n) is 12.6. The Balaban J connectivity index is 1.66. The zero-order valence-electron chi connectivity index (χ0n) is 23.9. The van der Waals surface area contributed by atoms with Gasteiger partial charge in [-0.05, 0) is 63.6 Å². The molecule has 0 fully saturated rings. The van der Waals surface area contributed by atoms with Crippen LogP contribution in [0.1, 0.15) is 32.0 Å². The molecule has 0 aliphatic heterocycles. The average Bonchev–Trinajstić information content (AvgIpc) is 3.36. The number of rotatable bonds is 11. The maximum atomic E-state index is 13.5. The third kappa shape index (κ3) is 9.06. The largest absolute Gasteiger partial charge is 0.591 e. The van der Waals surface area contributed by atoms with E-state index in [1.807, 2.05) is 17.2 Å². The number of hydrogen-bond acceptors (Lipinski definition) is 10. The lowest BCUT2D eigenvalue weighted by atomic mass is 9.98. The Morgan fingerprint density at radius 3 is 2.23 bits per heavy atom. The number of benzene rings is 2. The molecule has 2 aromatic carbocycles. The Kier molecular flexibility index (Phi) is 10.3. The summed E-state index contributed by atoms with van der Waals surface area (Å²) in [6, 6.07) is 12.3. The summed E-state index contributed by atoms with van der Waals surface area (Å²) in [5, 5.41) is 15.6. The molecule has 0 spiro atoms. The predicted molar refractivity (Wildman–Crippen MR) is 146 cm³/mol. The van der Waals surface area contributed by atoms with Crippen molar-refractivity contribution < 1.29 is 46.0 Å². The minimum atomic E-state index is -4.71. The minimum Gasteiger partial charge on any atom is -0.591 e. The van der Waals surface area contributed by atoms with E-state index in [0.29, 0.717) is 5.56 Å². The van der Waals surface area contributed by atoms with Gasteiger partial charge in [-0.1, -0.05) is 29.8 Å². The highest BCUT2D eigenvalue weighted by molar-refractivity contribution is 7.90. The second kappa shape index (κ2) is 13.2. The summed E-state index contributed by atoms with van der Waals surface area (Å²) < 4.78 is 73.6. The number of aryl methyl sites for hydroxylation is 1. The SMILES string of the molecule is Cc1ccc(-c2cc(C(F)(F)F)nn2-c2ccc(S(=O)(=O)NC(=O)CN(C)[NH+]([O-])NOCOC(=O)C(C)(C)C)cc2)cc1. The smallest absolute Gasteiger partial charge is 0.435 e. The molecule has 17 heteroatoms. The van der Waals surface area contributed by atoms with Gasteiger partial charge in [-0.15, -0.1) is 5.01 Å². The normalized spacial score (nSPS) is 13.2. The summed E-state index contributed by atoms with van der Waals surface area (Å²) in [6.07, 6.45) is -4.71. The quantitative estimate of drug-likeness (QED) is 0.124. The summed E-state index contributed by atoms with van der Waals surface area (Å²) in [4.78, 5) is 28.4. The van der Waals surface area contributed by atoms with E-state index in [1.165, 1.54) is 19.2 Å². The lowest BCUT2D eigenvalue weighted by molar-refractivity contribution is -1.03. The van der Waals surface area contributed by atoms with Crippen molar-refractivity contribution in [2.45, 2.75) is 38.8 Å². The van der Waals surface area contributed by atoms with Gasteiger partial charge < -0.3 is 9.94 Å². The highest BCUT2D eigenvalue weighted by atomic mass is 32.2. The number of alkyl halides is 3. The molecule has 0 saturated heterocycles. The predicted octanol–water partition coefficient (Wildman–Crippen LogP) is 1.88. The summed E-state index contributed by atoms with van der Waals surface area (Å²) in [7, 11) is -3.23. The zero-order chi connectivity index (χ0) is 32.2. The maximum Gasteiger partial charge on any atom is 0.435 e. The number of sulfonamides is 1. The van der Waals surface area contributed by atoms with Crippen molar-refractivity contribution in [2.75, 3.05) is 20.4 Å². The average molecular weight is 629 g/mol. The van der Waals surface area contributed by atoms with Gasteiger partial charge in [0.05, 0.1) is 21.7 Å². The topological polar surface area (TPSA) is 159 Å². The van der Waals surface area contributed by atoms with Crippen LogP contribution >= 0.6 is 0 Å². The molecule has 0 aliphatic rings. The molecule has 3 N–H and O–H groups in total. The highest BCUT2D eigenvalue weighted by Crippen LogP contribution is 2.33. The molecule has 1 amide bonds. The monoisotopic (exact) mass is 628 g/mol. The molecule has 13 nitrogen and oxygen atoms in total. The molecule has 0 saturated carbocycles. The molecule has 0 bridgehead atoms. The Hall–Kier alpha value is -3.87. The Bertz CT molecular complexity index is 1540. The van der Waals surface area contributed by atoms with Crippen LogP contribution in [0.3, 0.4) is 0 Å². The van der Waals surface area contributed by atoms with Gasteiger partial charge >= 0.3 is 12.1 Å². The molecule has 1 unspecified atom stereocenters. The first kappa shape index (κ1) is 33.6. The molecular weight excluding hydrogens is 597 g/mol. The van der Waals surface area contributed by atoms with Gasteiger partial charge in [0.1, 0.15) is 6.54 Å². The van der Waals surface area contributed by atoms with Crippen LogP contribution in [0.25, 0.3) is 16.9 Å². The first-order valence-corrected chi connectivity index (χ1v) is 14.1. The number of nitrogens with zero attached hydrogens (tertiary/aromatic N) is 3. The van der Waals surface area contributed by atoms with E-state index in [4.69, 9.17) is 9.57 Å². The number of nitrogens with one attached hydrogen (secondary N) is 3. The molecule has 0 aliphatic carbocycles. The summed E-state index contributed by atoms with van der Waals surface area (Å²) in [5.41, 5.74) is 1.67. The lowest BCUT2D eigenvalue weighted by Crippen LogP contribution is -3.19. The highest BCUT2D eigenvalue weighted by Gasteiger charge is 2.35. The zero-order valence-corrected chi connectivity index (χ0v) is 24.7.